The zero-order chi connectivity index (χ0) is 16.4. The van der Waals surface area contributed by atoms with Crippen LogP contribution in [0.4, 0.5) is 0 Å². The SMILES string of the molecule is CNC(=O)[C@@H]1CN(C(=O)Cc2ccsc2)C[C@H]1c1n[nH]c(C)n1. The summed E-state index contributed by atoms with van der Waals surface area (Å²) in [7, 11) is 1.61. The first-order chi connectivity index (χ1) is 11.1. The number of aromatic amines is 1. The number of carbonyl (C=O) groups is 2. The Bertz CT molecular complexity index is 697. The van der Waals surface area contributed by atoms with Gasteiger partial charge in [0.05, 0.1) is 18.3 Å². The Labute approximate surface area is 138 Å². The summed E-state index contributed by atoms with van der Waals surface area (Å²) in [5.41, 5.74) is 1.01. The van der Waals surface area contributed by atoms with E-state index in [1.165, 1.54) is 0 Å². The van der Waals surface area contributed by atoms with Gasteiger partial charge in [0.2, 0.25) is 11.8 Å². The van der Waals surface area contributed by atoms with E-state index in [2.05, 4.69) is 20.5 Å². The van der Waals surface area contributed by atoms with Crippen LogP contribution in [0, 0.1) is 12.8 Å². The summed E-state index contributed by atoms with van der Waals surface area (Å²) >= 11 is 1.57. The number of nitrogens with zero attached hydrogens (tertiary/aromatic N) is 3. The van der Waals surface area contributed by atoms with Crippen LogP contribution < -0.4 is 5.32 Å². The van der Waals surface area contributed by atoms with Gasteiger partial charge in [0.1, 0.15) is 5.82 Å². The van der Waals surface area contributed by atoms with Gasteiger partial charge in [-0.25, -0.2) is 4.98 Å². The second-order valence-electron chi connectivity index (χ2n) is 5.71. The highest BCUT2D eigenvalue weighted by atomic mass is 32.1. The number of H-pyrrole nitrogens is 1. The van der Waals surface area contributed by atoms with Gasteiger partial charge < -0.3 is 10.2 Å². The Morgan fingerprint density at radius 2 is 2.30 bits per heavy atom. The highest BCUT2D eigenvalue weighted by Crippen LogP contribution is 2.31. The van der Waals surface area contributed by atoms with Crippen molar-refractivity contribution in [1.29, 1.82) is 0 Å². The van der Waals surface area contributed by atoms with Crippen molar-refractivity contribution in [3.8, 4) is 0 Å². The van der Waals surface area contributed by atoms with Crippen LogP contribution in [0.1, 0.15) is 23.1 Å². The molecular formula is C15H19N5O2S. The second-order valence-corrected chi connectivity index (χ2v) is 6.49. The molecule has 0 saturated carbocycles. The van der Waals surface area contributed by atoms with Gasteiger partial charge in [-0.1, -0.05) is 0 Å². The number of amides is 2. The Balaban J connectivity index is 1.76. The van der Waals surface area contributed by atoms with Crippen molar-refractivity contribution in [3.63, 3.8) is 0 Å². The molecule has 2 N–H and O–H groups in total. The van der Waals surface area contributed by atoms with E-state index in [1.54, 1.807) is 23.3 Å². The van der Waals surface area contributed by atoms with Crippen molar-refractivity contribution in [3.05, 3.63) is 34.0 Å². The minimum absolute atomic E-state index is 0.0343. The average molecular weight is 333 g/mol. The fraction of sp³-hybridized carbons (Fsp3) is 0.467. The van der Waals surface area contributed by atoms with Crippen LogP contribution in [0.15, 0.2) is 16.8 Å². The summed E-state index contributed by atoms with van der Waals surface area (Å²) < 4.78 is 0. The van der Waals surface area contributed by atoms with Gasteiger partial charge in [0.25, 0.3) is 0 Å². The number of aromatic nitrogens is 3. The molecule has 7 nitrogen and oxygen atoms in total. The molecule has 2 amide bonds. The highest BCUT2D eigenvalue weighted by molar-refractivity contribution is 7.08. The number of thiophene rings is 1. The van der Waals surface area contributed by atoms with Crippen LogP contribution in [0.2, 0.25) is 0 Å². The molecule has 0 aliphatic carbocycles. The molecule has 3 rings (SSSR count). The number of nitrogens with one attached hydrogen (secondary N) is 2. The predicted octanol–water partition coefficient (Wildman–Crippen LogP) is 0.705. The summed E-state index contributed by atoms with van der Waals surface area (Å²) in [5, 5.41) is 13.6. The molecule has 0 radical (unpaired) electrons. The van der Waals surface area contributed by atoms with Gasteiger partial charge >= 0.3 is 0 Å². The van der Waals surface area contributed by atoms with Crippen molar-refractivity contribution in [2.24, 2.45) is 5.92 Å². The molecule has 8 heteroatoms. The van der Waals surface area contributed by atoms with Gasteiger partial charge in [-0.2, -0.15) is 16.4 Å². The quantitative estimate of drug-likeness (QED) is 0.862. The third-order valence-electron chi connectivity index (χ3n) is 4.14. The molecule has 3 heterocycles. The maximum Gasteiger partial charge on any atom is 0.227 e. The van der Waals surface area contributed by atoms with E-state index < -0.39 is 0 Å². The first-order valence-corrected chi connectivity index (χ1v) is 8.42. The lowest BCUT2D eigenvalue weighted by atomic mass is 9.94. The number of hydrogen-bond acceptors (Lipinski definition) is 5. The summed E-state index contributed by atoms with van der Waals surface area (Å²) in [5.74, 6) is 0.768. The molecule has 0 unspecified atom stereocenters. The molecule has 0 spiro atoms. The summed E-state index contributed by atoms with van der Waals surface area (Å²) in [6.45, 7) is 2.69. The minimum Gasteiger partial charge on any atom is -0.359 e. The topological polar surface area (TPSA) is 91.0 Å². The number of carbonyl (C=O) groups excluding carboxylic acids is 2. The van der Waals surface area contributed by atoms with E-state index in [0.29, 0.717) is 31.2 Å². The summed E-state index contributed by atoms with van der Waals surface area (Å²) in [6, 6.07) is 1.95. The van der Waals surface area contributed by atoms with Gasteiger partial charge in [0, 0.05) is 20.1 Å². The smallest absolute Gasteiger partial charge is 0.227 e. The molecule has 2 aromatic rings. The van der Waals surface area contributed by atoms with Gasteiger partial charge in [-0.15, -0.1) is 0 Å². The molecule has 1 saturated heterocycles. The minimum atomic E-state index is -0.318. The number of aryl methyl sites for hydroxylation is 1. The first kappa shape index (κ1) is 15.7. The lowest BCUT2D eigenvalue weighted by Crippen LogP contribution is -2.34. The standard InChI is InChI=1S/C15H19N5O2S/c1-9-17-14(19-18-9)11-6-20(7-12(11)15(22)16-2)13(21)5-10-3-4-23-8-10/h3-4,8,11-12H,5-7H2,1-2H3,(H,16,22)(H,17,18,19)/t11-,12-/m1/s1. The molecule has 0 bridgehead atoms. The largest absolute Gasteiger partial charge is 0.359 e. The van der Waals surface area contributed by atoms with Gasteiger partial charge in [-0.05, 0) is 29.3 Å². The molecular weight excluding hydrogens is 314 g/mol. The van der Waals surface area contributed by atoms with E-state index in [4.69, 9.17) is 0 Å². The molecule has 0 aromatic carbocycles. The summed E-state index contributed by atoms with van der Waals surface area (Å²) in [4.78, 5) is 30.8. The second kappa shape index (κ2) is 6.49. The third kappa shape index (κ3) is 3.26. The Kier molecular flexibility index (Phi) is 4.42. The van der Waals surface area contributed by atoms with Crippen LogP contribution in [0.25, 0.3) is 0 Å². The van der Waals surface area contributed by atoms with E-state index >= 15 is 0 Å². The van der Waals surface area contributed by atoms with Gasteiger partial charge in [-0.3, -0.25) is 14.7 Å². The van der Waals surface area contributed by atoms with Crippen molar-refractivity contribution in [2.75, 3.05) is 20.1 Å². The van der Waals surface area contributed by atoms with Crippen LogP contribution in [-0.2, 0) is 16.0 Å². The van der Waals surface area contributed by atoms with E-state index in [-0.39, 0.29) is 23.7 Å². The molecule has 23 heavy (non-hydrogen) atoms. The normalized spacial score (nSPS) is 20.7. The van der Waals surface area contributed by atoms with Crippen molar-refractivity contribution >= 4 is 23.2 Å². The van der Waals surface area contributed by atoms with Crippen molar-refractivity contribution in [2.45, 2.75) is 19.3 Å². The van der Waals surface area contributed by atoms with E-state index in [0.717, 1.165) is 5.56 Å². The third-order valence-corrected chi connectivity index (χ3v) is 4.87. The van der Waals surface area contributed by atoms with Crippen molar-refractivity contribution in [1.82, 2.24) is 25.4 Å². The Morgan fingerprint density at radius 3 is 2.91 bits per heavy atom. The highest BCUT2D eigenvalue weighted by Gasteiger charge is 2.41. The zero-order valence-electron chi connectivity index (χ0n) is 13.1. The lowest BCUT2D eigenvalue weighted by Gasteiger charge is -2.15. The van der Waals surface area contributed by atoms with Crippen LogP contribution >= 0.6 is 11.3 Å². The predicted molar refractivity (Wildman–Crippen MR) is 86.0 cm³/mol. The first-order valence-electron chi connectivity index (χ1n) is 7.48. The summed E-state index contributed by atoms with van der Waals surface area (Å²) in [6.07, 6.45) is 0.365. The monoisotopic (exact) mass is 333 g/mol. The molecule has 1 aliphatic heterocycles. The van der Waals surface area contributed by atoms with Crippen LogP contribution in [0.5, 0.6) is 0 Å². The average Bonchev–Trinajstić information content (AvgIpc) is 3.25. The fourth-order valence-corrected chi connectivity index (χ4v) is 3.59. The molecule has 1 fully saturated rings. The van der Waals surface area contributed by atoms with Crippen molar-refractivity contribution < 1.29 is 9.59 Å². The van der Waals surface area contributed by atoms with Crippen LogP contribution in [-0.4, -0.2) is 52.0 Å². The molecule has 2 aromatic heterocycles. The van der Waals surface area contributed by atoms with Crippen LogP contribution in [0.3, 0.4) is 0 Å². The maximum atomic E-state index is 12.5. The number of rotatable bonds is 4. The fourth-order valence-electron chi connectivity index (χ4n) is 2.93. The molecule has 2 atom stereocenters. The number of likely N-dealkylation sites (tertiary alicyclic amines) is 1. The Morgan fingerprint density at radius 1 is 1.48 bits per heavy atom. The Hall–Kier alpha value is -2.22. The maximum absolute atomic E-state index is 12.5. The van der Waals surface area contributed by atoms with E-state index in [9.17, 15) is 9.59 Å². The number of hydrogen-bond donors (Lipinski definition) is 2. The van der Waals surface area contributed by atoms with E-state index in [1.807, 2.05) is 23.8 Å². The molecule has 122 valence electrons. The lowest BCUT2D eigenvalue weighted by molar-refractivity contribution is -0.130. The zero-order valence-corrected chi connectivity index (χ0v) is 13.9. The van der Waals surface area contributed by atoms with Gasteiger partial charge in [0.15, 0.2) is 5.82 Å². The molecule has 1 aliphatic rings.